The zero-order chi connectivity index (χ0) is 18.6. The Bertz CT molecular complexity index is 841. The van der Waals surface area contributed by atoms with Gasteiger partial charge in [0.05, 0.1) is 13.2 Å². The van der Waals surface area contributed by atoms with Gasteiger partial charge in [-0.05, 0) is 23.8 Å². The second kappa shape index (κ2) is 8.22. The molecule has 1 fully saturated rings. The molecule has 0 amide bonds. The highest BCUT2D eigenvalue weighted by molar-refractivity contribution is 7.89. The Morgan fingerprint density at radius 3 is 2.46 bits per heavy atom. The van der Waals surface area contributed by atoms with E-state index in [4.69, 9.17) is 4.74 Å². The molecule has 140 valence electrons. The predicted molar refractivity (Wildman–Crippen MR) is 93.1 cm³/mol. The molecule has 3 rings (SSSR count). The SMILES string of the molecule is O=S(=O)(NCC(c1ccccc1)N1CCOCC1)c1cc(F)ccc1F. The molecule has 5 nitrogen and oxygen atoms in total. The van der Waals surface area contributed by atoms with Crippen LogP contribution in [0, 0.1) is 11.6 Å². The molecule has 1 saturated heterocycles. The summed E-state index contributed by atoms with van der Waals surface area (Å²) < 4.78 is 59.9. The summed E-state index contributed by atoms with van der Waals surface area (Å²) in [5.41, 5.74) is 0.941. The van der Waals surface area contributed by atoms with Crippen molar-refractivity contribution in [1.29, 1.82) is 0 Å². The van der Waals surface area contributed by atoms with Crippen molar-refractivity contribution in [2.75, 3.05) is 32.8 Å². The first-order valence-electron chi connectivity index (χ1n) is 8.29. The number of ether oxygens (including phenoxy) is 1. The minimum Gasteiger partial charge on any atom is -0.379 e. The van der Waals surface area contributed by atoms with E-state index < -0.39 is 26.6 Å². The maximum absolute atomic E-state index is 13.9. The number of hydrogen-bond donors (Lipinski definition) is 1. The summed E-state index contributed by atoms with van der Waals surface area (Å²) >= 11 is 0. The van der Waals surface area contributed by atoms with Crippen molar-refractivity contribution < 1.29 is 21.9 Å². The monoisotopic (exact) mass is 382 g/mol. The van der Waals surface area contributed by atoms with Crippen LogP contribution >= 0.6 is 0 Å². The smallest absolute Gasteiger partial charge is 0.243 e. The highest BCUT2D eigenvalue weighted by atomic mass is 32.2. The fourth-order valence-electron chi connectivity index (χ4n) is 2.97. The van der Waals surface area contributed by atoms with Crippen LogP contribution in [0.25, 0.3) is 0 Å². The molecular weight excluding hydrogens is 362 g/mol. The minimum atomic E-state index is -4.18. The van der Waals surface area contributed by atoms with Gasteiger partial charge in [-0.1, -0.05) is 30.3 Å². The van der Waals surface area contributed by atoms with Gasteiger partial charge in [0.2, 0.25) is 10.0 Å². The summed E-state index contributed by atoms with van der Waals surface area (Å²) in [5, 5.41) is 0. The van der Waals surface area contributed by atoms with E-state index in [9.17, 15) is 17.2 Å². The Balaban J connectivity index is 1.82. The van der Waals surface area contributed by atoms with E-state index in [-0.39, 0.29) is 12.6 Å². The van der Waals surface area contributed by atoms with Crippen molar-refractivity contribution in [2.24, 2.45) is 0 Å². The number of rotatable bonds is 6. The molecule has 0 bridgehead atoms. The van der Waals surface area contributed by atoms with E-state index in [1.165, 1.54) is 0 Å². The molecule has 26 heavy (non-hydrogen) atoms. The van der Waals surface area contributed by atoms with Gasteiger partial charge in [0.25, 0.3) is 0 Å². The third-order valence-electron chi connectivity index (χ3n) is 4.32. The lowest BCUT2D eigenvalue weighted by atomic mass is 10.1. The van der Waals surface area contributed by atoms with Gasteiger partial charge in [-0.3, -0.25) is 4.90 Å². The van der Waals surface area contributed by atoms with E-state index >= 15 is 0 Å². The number of morpholine rings is 1. The Kier molecular flexibility index (Phi) is 5.98. The predicted octanol–water partition coefficient (Wildman–Crippen LogP) is 2.32. The van der Waals surface area contributed by atoms with Crippen LogP contribution in [0.15, 0.2) is 53.4 Å². The molecule has 0 spiro atoms. The van der Waals surface area contributed by atoms with Gasteiger partial charge in [-0.15, -0.1) is 0 Å². The Labute approximate surface area is 151 Å². The van der Waals surface area contributed by atoms with Crippen LogP contribution in [0.3, 0.4) is 0 Å². The molecule has 0 aliphatic carbocycles. The number of nitrogens with one attached hydrogen (secondary N) is 1. The van der Waals surface area contributed by atoms with Crippen molar-refractivity contribution >= 4 is 10.0 Å². The van der Waals surface area contributed by atoms with E-state index in [1.54, 1.807) is 0 Å². The van der Waals surface area contributed by atoms with Gasteiger partial charge >= 0.3 is 0 Å². The maximum atomic E-state index is 13.9. The number of benzene rings is 2. The highest BCUT2D eigenvalue weighted by Gasteiger charge is 2.26. The van der Waals surface area contributed by atoms with Gasteiger partial charge in [0.1, 0.15) is 16.5 Å². The van der Waals surface area contributed by atoms with Gasteiger partial charge in [-0.25, -0.2) is 21.9 Å². The van der Waals surface area contributed by atoms with Crippen molar-refractivity contribution in [3.8, 4) is 0 Å². The number of nitrogens with zero attached hydrogens (tertiary/aromatic N) is 1. The summed E-state index contributed by atoms with van der Waals surface area (Å²) in [6.45, 7) is 2.50. The molecule has 8 heteroatoms. The van der Waals surface area contributed by atoms with Crippen LogP contribution in [0.4, 0.5) is 8.78 Å². The quantitative estimate of drug-likeness (QED) is 0.833. The molecule has 0 radical (unpaired) electrons. The van der Waals surface area contributed by atoms with Crippen LogP contribution in [0.5, 0.6) is 0 Å². The Morgan fingerprint density at radius 1 is 1.08 bits per heavy atom. The molecule has 1 unspecified atom stereocenters. The zero-order valence-electron chi connectivity index (χ0n) is 14.1. The molecule has 1 atom stereocenters. The van der Waals surface area contributed by atoms with Crippen LogP contribution in [0.2, 0.25) is 0 Å². The van der Waals surface area contributed by atoms with Crippen LogP contribution in [-0.2, 0) is 14.8 Å². The van der Waals surface area contributed by atoms with Crippen LogP contribution < -0.4 is 4.72 Å². The minimum absolute atomic E-state index is 0.0439. The summed E-state index contributed by atoms with van der Waals surface area (Å²) in [7, 11) is -4.18. The first-order valence-corrected chi connectivity index (χ1v) is 9.77. The topological polar surface area (TPSA) is 58.6 Å². The first kappa shape index (κ1) is 18.9. The maximum Gasteiger partial charge on any atom is 0.243 e. The molecule has 2 aromatic carbocycles. The number of hydrogen-bond acceptors (Lipinski definition) is 4. The molecule has 1 N–H and O–H groups in total. The summed E-state index contributed by atoms with van der Waals surface area (Å²) in [4.78, 5) is 1.43. The fraction of sp³-hybridized carbons (Fsp3) is 0.333. The highest BCUT2D eigenvalue weighted by Crippen LogP contribution is 2.22. The van der Waals surface area contributed by atoms with Gasteiger partial charge in [0.15, 0.2) is 0 Å². The molecular formula is C18H20F2N2O3S. The Morgan fingerprint density at radius 2 is 1.77 bits per heavy atom. The van der Waals surface area contributed by atoms with Gasteiger partial charge in [0, 0.05) is 25.7 Å². The first-order chi connectivity index (χ1) is 12.5. The molecule has 1 heterocycles. The molecule has 2 aromatic rings. The summed E-state index contributed by atoms with van der Waals surface area (Å²) in [6.07, 6.45) is 0. The van der Waals surface area contributed by atoms with E-state index in [1.807, 2.05) is 30.3 Å². The van der Waals surface area contributed by atoms with E-state index in [2.05, 4.69) is 9.62 Å². The lowest BCUT2D eigenvalue weighted by Gasteiger charge is -2.34. The number of halogens is 2. The number of sulfonamides is 1. The van der Waals surface area contributed by atoms with Crippen molar-refractivity contribution in [1.82, 2.24) is 9.62 Å². The van der Waals surface area contributed by atoms with Crippen LogP contribution in [-0.4, -0.2) is 46.2 Å². The average Bonchev–Trinajstić information content (AvgIpc) is 2.65. The van der Waals surface area contributed by atoms with Crippen molar-refractivity contribution in [3.63, 3.8) is 0 Å². The second-order valence-electron chi connectivity index (χ2n) is 6.00. The summed E-state index contributed by atoms with van der Waals surface area (Å²) in [6, 6.07) is 11.6. The normalized spacial score (nSPS) is 17.2. The lowest BCUT2D eigenvalue weighted by Crippen LogP contribution is -2.43. The van der Waals surface area contributed by atoms with E-state index in [0.717, 1.165) is 17.7 Å². The van der Waals surface area contributed by atoms with Gasteiger partial charge in [-0.2, -0.15) is 0 Å². The molecule has 0 aromatic heterocycles. The lowest BCUT2D eigenvalue weighted by molar-refractivity contribution is 0.0172. The van der Waals surface area contributed by atoms with E-state index in [0.29, 0.717) is 32.4 Å². The molecule has 1 aliphatic rings. The summed E-state index contributed by atoms with van der Waals surface area (Å²) in [5.74, 6) is -1.79. The largest absolute Gasteiger partial charge is 0.379 e. The van der Waals surface area contributed by atoms with Crippen molar-refractivity contribution in [3.05, 3.63) is 65.7 Å². The fourth-order valence-corrected chi connectivity index (χ4v) is 4.10. The van der Waals surface area contributed by atoms with Crippen molar-refractivity contribution in [2.45, 2.75) is 10.9 Å². The molecule has 0 saturated carbocycles. The molecule has 1 aliphatic heterocycles. The Hall–Kier alpha value is -1.87. The third-order valence-corrected chi connectivity index (χ3v) is 5.76. The van der Waals surface area contributed by atoms with Gasteiger partial charge < -0.3 is 4.74 Å². The zero-order valence-corrected chi connectivity index (χ0v) is 14.9. The second-order valence-corrected chi connectivity index (χ2v) is 7.74. The standard InChI is InChI=1S/C18H20F2N2O3S/c19-15-6-7-16(20)18(12-15)26(23,24)21-13-17(14-4-2-1-3-5-14)22-8-10-25-11-9-22/h1-7,12,17,21H,8-11,13H2. The van der Waals surface area contributed by atoms with Crippen LogP contribution in [0.1, 0.15) is 11.6 Å². The average molecular weight is 382 g/mol. The third kappa shape index (κ3) is 4.45.